The van der Waals surface area contributed by atoms with Gasteiger partial charge in [0.1, 0.15) is 18.3 Å². The lowest BCUT2D eigenvalue weighted by molar-refractivity contribution is -0.140. The third kappa shape index (κ3) is 8.95. The molecule has 4 rings (SSSR count). The molecule has 0 aliphatic heterocycles. The quantitative estimate of drug-likeness (QED) is 0.160. The normalized spacial score (nSPS) is 11.8. The Morgan fingerprint density at radius 3 is 2.16 bits per heavy atom. The molecule has 0 bridgehead atoms. The van der Waals surface area contributed by atoms with Crippen molar-refractivity contribution in [3.05, 3.63) is 125 Å². The van der Waals surface area contributed by atoms with Crippen LogP contribution in [-0.2, 0) is 32.6 Å². The summed E-state index contributed by atoms with van der Waals surface area (Å²) in [5.74, 6) is -0.517. The number of ether oxygens (including phenoxy) is 1. The standard InChI is InChI=1S/C35H38BrN3O5S/c1-3-22-37-35(41)32(24-27-14-7-5-8-15-27)38(25-28-16-13-17-29(36)23-28)34(40)26-39(31-20-11-12-21-33(31)44-4-2)45(42,43)30-18-9-6-10-19-30/h5-21,23,32H,3-4,22,24-26H2,1-2H3,(H,37,41). The van der Waals surface area contributed by atoms with Crippen molar-refractivity contribution in [1.82, 2.24) is 10.2 Å². The summed E-state index contributed by atoms with van der Waals surface area (Å²) >= 11 is 3.50. The van der Waals surface area contributed by atoms with Crippen LogP contribution in [-0.4, -0.2) is 50.9 Å². The smallest absolute Gasteiger partial charge is 0.264 e. The second-order valence-electron chi connectivity index (χ2n) is 10.4. The van der Waals surface area contributed by atoms with Crippen molar-refractivity contribution in [2.75, 3.05) is 24.0 Å². The summed E-state index contributed by atoms with van der Waals surface area (Å²) in [6, 6.07) is 30.8. The maximum atomic E-state index is 14.6. The van der Waals surface area contributed by atoms with Crippen LogP contribution < -0.4 is 14.4 Å². The summed E-state index contributed by atoms with van der Waals surface area (Å²) in [4.78, 5) is 29.8. The van der Waals surface area contributed by atoms with Gasteiger partial charge in [0.2, 0.25) is 11.8 Å². The van der Waals surface area contributed by atoms with Gasteiger partial charge in [-0.1, -0.05) is 95.7 Å². The van der Waals surface area contributed by atoms with Crippen LogP contribution in [0.25, 0.3) is 0 Å². The average molecular weight is 693 g/mol. The maximum Gasteiger partial charge on any atom is 0.264 e. The molecule has 0 heterocycles. The van der Waals surface area contributed by atoms with Gasteiger partial charge in [-0.05, 0) is 60.9 Å². The molecule has 8 nitrogen and oxygen atoms in total. The van der Waals surface area contributed by atoms with Crippen LogP contribution in [0.5, 0.6) is 5.75 Å². The molecule has 1 N–H and O–H groups in total. The number of anilines is 1. The van der Waals surface area contributed by atoms with Crippen molar-refractivity contribution in [3.8, 4) is 5.75 Å². The number of benzene rings is 4. The van der Waals surface area contributed by atoms with Crippen LogP contribution in [0, 0.1) is 0 Å². The van der Waals surface area contributed by atoms with E-state index in [0.717, 1.165) is 26.3 Å². The van der Waals surface area contributed by atoms with E-state index in [9.17, 15) is 18.0 Å². The first kappa shape index (κ1) is 33.7. The molecule has 0 fully saturated rings. The van der Waals surface area contributed by atoms with Gasteiger partial charge in [0, 0.05) is 24.0 Å². The van der Waals surface area contributed by atoms with E-state index in [-0.39, 0.29) is 29.5 Å². The molecule has 236 valence electrons. The van der Waals surface area contributed by atoms with E-state index in [1.165, 1.54) is 17.0 Å². The first-order valence-corrected chi connectivity index (χ1v) is 17.1. The molecule has 0 aromatic heterocycles. The van der Waals surface area contributed by atoms with Gasteiger partial charge in [-0.2, -0.15) is 0 Å². The highest BCUT2D eigenvalue weighted by atomic mass is 79.9. The van der Waals surface area contributed by atoms with Gasteiger partial charge in [0.25, 0.3) is 10.0 Å². The minimum Gasteiger partial charge on any atom is -0.492 e. The molecule has 0 spiro atoms. The second kappa shape index (κ2) is 16.2. The topological polar surface area (TPSA) is 96.0 Å². The molecule has 4 aromatic carbocycles. The fraction of sp³-hybridized carbons (Fsp3) is 0.257. The summed E-state index contributed by atoms with van der Waals surface area (Å²) in [5.41, 5.74) is 1.89. The van der Waals surface area contributed by atoms with Crippen LogP contribution in [0.2, 0.25) is 0 Å². The number of carbonyl (C=O) groups excluding carboxylic acids is 2. The number of rotatable bonds is 15. The minimum absolute atomic E-state index is 0.0316. The Bertz CT molecular complexity index is 1670. The monoisotopic (exact) mass is 691 g/mol. The van der Waals surface area contributed by atoms with E-state index in [4.69, 9.17) is 4.74 Å². The molecule has 45 heavy (non-hydrogen) atoms. The maximum absolute atomic E-state index is 14.6. The van der Waals surface area contributed by atoms with Gasteiger partial charge < -0.3 is 15.0 Å². The average Bonchev–Trinajstić information content (AvgIpc) is 3.05. The predicted molar refractivity (Wildman–Crippen MR) is 181 cm³/mol. The van der Waals surface area contributed by atoms with Crippen molar-refractivity contribution >= 4 is 43.5 Å². The van der Waals surface area contributed by atoms with Gasteiger partial charge in [0.15, 0.2) is 0 Å². The molecular formula is C35H38BrN3O5S. The zero-order valence-electron chi connectivity index (χ0n) is 25.4. The Morgan fingerprint density at radius 2 is 1.49 bits per heavy atom. The van der Waals surface area contributed by atoms with Crippen molar-refractivity contribution in [2.45, 2.75) is 44.2 Å². The highest BCUT2D eigenvalue weighted by molar-refractivity contribution is 9.10. The third-order valence-corrected chi connectivity index (χ3v) is 9.37. The van der Waals surface area contributed by atoms with Crippen LogP contribution in [0.4, 0.5) is 5.69 Å². The number of para-hydroxylation sites is 2. The number of halogens is 1. The van der Waals surface area contributed by atoms with E-state index < -0.39 is 28.5 Å². The van der Waals surface area contributed by atoms with Crippen molar-refractivity contribution < 1.29 is 22.7 Å². The van der Waals surface area contributed by atoms with Gasteiger partial charge in [-0.3, -0.25) is 13.9 Å². The molecule has 0 aliphatic rings. The molecule has 0 radical (unpaired) electrons. The number of nitrogens with zero attached hydrogens (tertiary/aromatic N) is 2. The highest BCUT2D eigenvalue weighted by Gasteiger charge is 2.35. The van der Waals surface area contributed by atoms with Gasteiger partial charge in [0.05, 0.1) is 17.2 Å². The molecule has 0 saturated heterocycles. The summed E-state index contributed by atoms with van der Waals surface area (Å²) in [5, 5.41) is 2.96. The molecule has 1 atom stereocenters. The van der Waals surface area contributed by atoms with Crippen molar-refractivity contribution in [3.63, 3.8) is 0 Å². The highest BCUT2D eigenvalue weighted by Crippen LogP contribution is 2.33. The van der Waals surface area contributed by atoms with E-state index in [2.05, 4.69) is 21.2 Å². The number of carbonyl (C=O) groups is 2. The summed E-state index contributed by atoms with van der Waals surface area (Å²) in [6.07, 6.45) is 0.970. The molecular weight excluding hydrogens is 654 g/mol. The van der Waals surface area contributed by atoms with Crippen LogP contribution in [0.15, 0.2) is 119 Å². The Hall–Kier alpha value is -4.15. The zero-order chi connectivity index (χ0) is 32.2. The zero-order valence-corrected chi connectivity index (χ0v) is 27.8. The number of nitrogens with one attached hydrogen (secondary N) is 1. The second-order valence-corrected chi connectivity index (χ2v) is 13.2. The molecule has 2 amide bonds. The molecule has 1 unspecified atom stereocenters. The Labute approximate surface area is 274 Å². The molecule has 0 aliphatic carbocycles. The van der Waals surface area contributed by atoms with E-state index in [0.29, 0.717) is 18.9 Å². The first-order valence-electron chi connectivity index (χ1n) is 14.9. The number of sulfonamides is 1. The van der Waals surface area contributed by atoms with Crippen LogP contribution in [0.1, 0.15) is 31.4 Å². The van der Waals surface area contributed by atoms with Gasteiger partial charge >= 0.3 is 0 Å². The minimum atomic E-state index is -4.22. The van der Waals surface area contributed by atoms with Crippen molar-refractivity contribution in [2.24, 2.45) is 0 Å². The molecule has 10 heteroatoms. The van der Waals surface area contributed by atoms with Crippen molar-refractivity contribution in [1.29, 1.82) is 0 Å². The Kier molecular flexibility index (Phi) is 12.2. The lowest BCUT2D eigenvalue weighted by Gasteiger charge is -2.34. The first-order chi connectivity index (χ1) is 21.7. The number of hydrogen-bond acceptors (Lipinski definition) is 5. The molecule has 0 saturated carbocycles. The van der Waals surface area contributed by atoms with E-state index in [1.54, 1.807) is 49.4 Å². The van der Waals surface area contributed by atoms with Crippen LogP contribution >= 0.6 is 15.9 Å². The summed E-state index contributed by atoms with van der Waals surface area (Å²) in [7, 11) is -4.22. The van der Waals surface area contributed by atoms with E-state index in [1.807, 2.05) is 61.5 Å². The summed E-state index contributed by atoms with van der Waals surface area (Å²) < 4.78 is 36.1. The SMILES string of the molecule is CCCNC(=O)C(Cc1ccccc1)N(Cc1cccc(Br)c1)C(=O)CN(c1ccccc1OCC)S(=O)(=O)c1ccccc1. The Morgan fingerprint density at radius 1 is 0.844 bits per heavy atom. The van der Waals surface area contributed by atoms with E-state index >= 15 is 0 Å². The summed E-state index contributed by atoms with van der Waals surface area (Å²) in [6.45, 7) is 4.04. The number of amides is 2. The van der Waals surface area contributed by atoms with Gasteiger partial charge in [-0.15, -0.1) is 0 Å². The van der Waals surface area contributed by atoms with Gasteiger partial charge in [-0.25, -0.2) is 8.42 Å². The largest absolute Gasteiger partial charge is 0.492 e. The fourth-order valence-corrected chi connectivity index (χ4v) is 6.82. The third-order valence-electron chi connectivity index (χ3n) is 7.11. The number of hydrogen-bond donors (Lipinski definition) is 1. The predicted octanol–water partition coefficient (Wildman–Crippen LogP) is 6.21. The fourth-order valence-electron chi connectivity index (χ4n) is 4.93. The lowest BCUT2D eigenvalue weighted by atomic mass is 10.0. The lowest BCUT2D eigenvalue weighted by Crippen LogP contribution is -2.53. The van der Waals surface area contributed by atoms with Crippen LogP contribution in [0.3, 0.4) is 0 Å². The Balaban J connectivity index is 1.82. The molecule has 4 aromatic rings.